The summed E-state index contributed by atoms with van der Waals surface area (Å²) in [6.07, 6.45) is 1.21. The van der Waals surface area contributed by atoms with E-state index in [0.717, 1.165) is 12.3 Å². The minimum atomic E-state index is -4.47. The van der Waals surface area contributed by atoms with Gasteiger partial charge in [-0.25, -0.2) is 15.0 Å². The van der Waals surface area contributed by atoms with Gasteiger partial charge in [0.15, 0.2) is 0 Å². The molecule has 2 aromatic rings. The first-order valence-electron chi connectivity index (χ1n) is 5.70. The molecule has 2 aromatic heterocycles. The summed E-state index contributed by atoms with van der Waals surface area (Å²) >= 11 is 0. The Labute approximate surface area is 112 Å². The molecule has 6 nitrogen and oxygen atoms in total. The van der Waals surface area contributed by atoms with Crippen molar-refractivity contribution in [3.8, 4) is 0 Å². The molecule has 0 bridgehead atoms. The van der Waals surface area contributed by atoms with Crippen LogP contribution in [-0.4, -0.2) is 33.0 Å². The summed E-state index contributed by atoms with van der Waals surface area (Å²) in [6, 6.07) is 0.822. The molecule has 20 heavy (non-hydrogen) atoms. The maximum Gasteiger partial charge on any atom is 0.433 e. The second-order valence-electron chi connectivity index (χ2n) is 3.71. The Morgan fingerprint density at radius 2 is 1.80 bits per heavy atom. The van der Waals surface area contributed by atoms with Gasteiger partial charge in [0.05, 0.1) is 6.20 Å². The predicted octanol–water partition coefficient (Wildman–Crippen LogP) is 1.81. The normalized spacial score (nSPS) is 11.2. The van der Waals surface area contributed by atoms with Gasteiger partial charge in [-0.2, -0.15) is 13.2 Å². The number of hydrogen-bond acceptors (Lipinski definition) is 6. The first-order chi connectivity index (χ1) is 9.55. The Morgan fingerprint density at radius 3 is 2.50 bits per heavy atom. The summed E-state index contributed by atoms with van der Waals surface area (Å²) < 4.78 is 37.3. The standard InChI is InChI=1S/C11H11F3N6/c12-11(13,14)8-1-2-18-10(20-8)19-6-5-17-9-7-15-3-4-16-9/h1-4,7H,5-6H2,(H,16,17)(H,18,19,20). The quantitative estimate of drug-likeness (QED) is 0.816. The van der Waals surface area contributed by atoms with Crippen LogP contribution in [0.4, 0.5) is 24.9 Å². The van der Waals surface area contributed by atoms with Gasteiger partial charge >= 0.3 is 6.18 Å². The molecule has 0 fully saturated rings. The smallest absolute Gasteiger partial charge is 0.367 e. The fraction of sp³-hybridized carbons (Fsp3) is 0.273. The molecule has 0 aliphatic rings. The van der Waals surface area contributed by atoms with E-state index in [9.17, 15) is 13.2 Å². The molecule has 0 saturated heterocycles. The van der Waals surface area contributed by atoms with Crippen LogP contribution >= 0.6 is 0 Å². The summed E-state index contributed by atoms with van der Waals surface area (Å²) in [5, 5.41) is 5.64. The van der Waals surface area contributed by atoms with Gasteiger partial charge < -0.3 is 10.6 Å². The van der Waals surface area contributed by atoms with E-state index < -0.39 is 11.9 Å². The van der Waals surface area contributed by atoms with Gasteiger partial charge in [-0.05, 0) is 6.07 Å². The van der Waals surface area contributed by atoms with E-state index in [1.807, 2.05) is 0 Å². The summed E-state index contributed by atoms with van der Waals surface area (Å²) in [6.45, 7) is 0.788. The maximum absolute atomic E-state index is 12.4. The van der Waals surface area contributed by atoms with Gasteiger partial charge in [0.1, 0.15) is 11.5 Å². The second kappa shape index (κ2) is 6.13. The van der Waals surface area contributed by atoms with Crippen LogP contribution in [-0.2, 0) is 6.18 Å². The van der Waals surface area contributed by atoms with Crippen molar-refractivity contribution in [1.29, 1.82) is 0 Å². The number of halogens is 3. The van der Waals surface area contributed by atoms with Crippen LogP contribution in [0, 0.1) is 0 Å². The molecule has 0 aliphatic heterocycles. The number of nitrogens with zero attached hydrogens (tertiary/aromatic N) is 4. The van der Waals surface area contributed by atoms with Crippen LogP contribution in [0.5, 0.6) is 0 Å². The average Bonchev–Trinajstić information content (AvgIpc) is 2.44. The van der Waals surface area contributed by atoms with Crippen molar-refractivity contribution in [2.24, 2.45) is 0 Å². The molecular formula is C11H11F3N6. The van der Waals surface area contributed by atoms with Crippen molar-refractivity contribution in [2.75, 3.05) is 23.7 Å². The van der Waals surface area contributed by atoms with Gasteiger partial charge in [-0.15, -0.1) is 0 Å². The van der Waals surface area contributed by atoms with Gasteiger partial charge in [-0.3, -0.25) is 4.98 Å². The third-order valence-corrected chi connectivity index (χ3v) is 2.22. The SMILES string of the molecule is FC(F)(F)c1ccnc(NCCNc2cnccn2)n1. The Kier molecular flexibility index (Phi) is 4.28. The molecule has 0 radical (unpaired) electrons. The van der Waals surface area contributed by atoms with E-state index in [1.54, 1.807) is 12.4 Å². The lowest BCUT2D eigenvalue weighted by Gasteiger charge is -2.09. The number of rotatable bonds is 5. The molecule has 0 saturated carbocycles. The van der Waals surface area contributed by atoms with Gasteiger partial charge in [0.2, 0.25) is 5.95 Å². The monoisotopic (exact) mass is 284 g/mol. The number of anilines is 2. The fourth-order valence-electron chi connectivity index (χ4n) is 1.36. The van der Waals surface area contributed by atoms with Crippen molar-refractivity contribution in [2.45, 2.75) is 6.18 Å². The van der Waals surface area contributed by atoms with E-state index in [-0.39, 0.29) is 5.95 Å². The molecule has 0 atom stereocenters. The number of nitrogens with one attached hydrogen (secondary N) is 2. The Morgan fingerprint density at radius 1 is 1.00 bits per heavy atom. The lowest BCUT2D eigenvalue weighted by atomic mass is 10.4. The first kappa shape index (κ1) is 14.0. The van der Waals surface area contributed by atoms with Crippen molar-refractivity contribution in [3.63, 3.8) is 0 Å². The zero-order valence-electron chi connectivity index (χ0n) is 10.2. The van der Waals surface area contributed by atoms with Gasteiger partial charge in [0.25, 0.3) is 0 Å². The first-order valence-corrected chi connectivity index (χ1v) is 5.70. The third kappa shape index (κ3) is 4.04. The topological polar surface area (TPSA) is 75.6 Å². The number of alkyl halides is 3. The summed E-state index contributed by atoms with van der Waals surface area (Å²) in [4.78, 5) is 15.0. The van der Waals surface area contributed by atoms with Crippen LogP contribution in [0.15, 0.2) is 30.9 Å². The largest absolute Gasteiger partial charge is 0.433 e. The van der Waals surface area contributed by atoms with Crippen LogP contribution in [0.25, 0.3) is 0 Å². The molecular weight excluding hydrogens is 273 g/mol. The molecule has 106 valence electrons. The molecule has 2 rings (SSSR count). The Hall–Kier alpha value is -2.45. The molecule has 9 heteroatoms. The van der Waals surface area contributed by atoms with Crippen molar-refractivity contribution in [1.82, 2.24) is 19.9 Å². The van der Waals surface area contributed by atoms with Crippen molar-refractivity contribution in [3.05, 3.63) is 36.5 Å². The summed E-state index contributed by atoms with van der Waals surface area (Å²) in [5.41, 5.74) is -0.975. The van der Waals surface area contributed by atoms with Gasteiger partial charge in [-0.1, -0.05) is 0 Å². The maximum atomic E-state index is 12.4. The molecule has 0 spiro atoms. The zero-order chi connectivity index (χ0) is 14.4. The van der Waals surface area contributed by atoms with Crippen molar-refractivity contribution < 1.29 is 13.2 Å². The predicted molar refractivity (Wildman–Crippen MR) is 66.0 cm³/mol. The van der Waals surface area contributed by atoms with E-state index in [0.29, 0.717) is 18.9 Å². The molecule has 0 unspecified atom stereocenters. The average molecular weight is 284 g/mol. The fourth-order valence-corrected chi connectivity index (χ4v) is 1.36. The number of aromatic nitrogens is 4. The van der Waals surface area contributed by atoms with E-state index in [2.05, 4.69) is 30.6 Å². The lowest BCUT2D eigenvalue weighted by Crippen LogP contribution is -2.17. The van der Waals surface area contributed by atoms with Crippen molar-refractivity contribution >= 4 is 11.8 Å². The third-order valence-electron chi connectivity index (χ3n) is 2.22. The Balaban J connectivity index is 1.83. The minimum Gasteiger partial charge on any atom is -0.367 e. The lowest BCUT2D eigenvalue weighted by molar-refractivity contribution is -0.141. The van der Waals surface area contributed by atoms with E-state index in [4.69, 9.17) is 0 Å². The second-order valence-corrected chi connectivity index (χ2v) is 3.71. The highest BCUT2D eigenvalue weighted by atomic mass is 19.4. The molecule has 0 amide bonds. The van der Waals surface area contributed by atoms with Crippen LogP contribution in [0.3, 0.4) is 0 Å². The number of hydrogen-bond donors (Lipinski definition) is 2. The highest BCUT2D eigenvalue weighted by Gasteiger charge is 2.32. The van der Waals surface area contributed by atoms with Crippen LogP contribution in [0.1, 0.15) is 5.69 Å². The molecule has 2 heterocycles. The molecule has 0 aliphatic carbocycles. The molecule has 2 N–H and O–H groups in total. The minimum absolute atomic E-state index is 0.0687. The van der Waals surface area contributed by atoms with Crippen LogP contribution < -0.4 is 10.6 Å². The van der Waals surface area contributed by atoms with E-state index in [1.165, 1.54) is 6.20 Å². The van der Waals surface area contributed by atoms with Crippen LogP contribution in [0.2, 0.25) is 0 Å². The van der Waals surface area contributed by atoms with Gasteiger partial charge in [0, 0.05) is 31.7 Å². The zero-order valence-corrected chi connectivity index (χ0v) is 10.2. The van der Waals surface area contributed by atoms with E-state index >= 15 is 0 Å². The summed E-state index contributed by atoms with van der Waals surface area (Å²) in [5.74, 6) is 0.514. The summed E-state index contributed by atoms with van der Waals surface area (Å²) in [7, 11) is 0. The highest BCUT2D eigenvalue weighted by molar-refractivity contribution is 5.31. The Bertz CT molecular complexity index is 545. The molecule has 0 aromatic carbocycles. The highest BCUT2D eigenvalue weighted by Crippen LogP contribution is 2.27.